The van der Waals surface area contributed by atoms with Crippen molar-refractivity contribution in [3.05, 3.63) is 53.3 Å². The number of nitrogens with zero attached hydrogens (tertiary/aromatic N) is 1. The molecule has 1 aliphatic heterocycles. The standard InChI is InChI=1S/C19H15NO7/c1-11-15(19(23)27-20-11)9-12-7-8-16(26-12)13-5-3-4-6-14(13)18(22)25-10-17(21)24-2/h3-9H,10H2,1-2H3/b15-9-. The maximum absolute atomic E-state index is 12.3. The minimum absolute atomic E-state index is 0.230. The Morgan fingerprint density at radius 1 is 1.19 bits per heavy atom. The van der Waals surface area contributed by atoms with Crippen LogP contribution in [0.5, 0.6) is 0 Å². The maximum Gasteiger partial charge on any atom is 0.367 e. The summed E-state index contributed by atoms with van der Waals surface area (Å²) in [6.07, 6.45) is 1.51. The highest BCUT2D eigenvalue weighted by atomic mass is 16.7. The summed E-state index contributed by atoms with van der Waals surface area (Å²) >= 11 is 0. The van der Waals surface area contributed by atoms with Gasteiger partial charge < -0.3 is 18.7 Å². The highest BCUT2D eigenvalue weighted by Gasteiger charge is 2.23. The van der Waals surface area contributed by atoms with Crippen molar-refractivity contribution in [2.24, 2.45) is 5.16 Å². The smallest absolute Gasteiger partial charge is 0.367 e. The number of rotatable bonds is 5. The predicted octanol–water partition coefficient (Wildman–Crippen LogP) is 2.59. The summed E-state index contributed by atoms with van der Waals surface area (Å²) in [6.45, 7) is 1.16. The highest BCUT2D eigenvalue weighted by molar-refractivity contribution is 6.24. The third kappa shape index (κ3) is 3.95. The second-order valence-corrected chi connectivity index (χ2v) is 5.51. The fraction of sp³-hybridized carbons (Fsp3) is 0.158. The van der Waals surface area contributed by atoms with Gasteiger partial charge in [-0.2, -0.15) is 0 Å². The molecule has 0 bridgehead atoms. The third-order valence-corrected chi connectivity index (χ3v) is 3.75. The quantitative estimate of drug-likeness (QED) is 0.453. The van der Waals surface area contributed by atoms with Crippen molar-refractivity contribution in [2.45, 2.75) is 6.92 Å². The Morgan fingerprint density at radius 2 is 1.96 bits per heavy atom. The fourth-order valence-electron chi connectivity index (χ4n) is 2.37. The van der Waals surface area contributed by atoms with Crippen molar-refractivity contribution in [1.82, 2.24) is 0 Å². The molecule has 27 heavy (non-hydrogen) atoms. The SMILES string of the molecule is COC(=O)COC(=O)c1ccccc1-c1ccc(/C=C2\C(=O)ON=C2C)o1. The van der Waals surface area contributed by atoms with Crippen LogP contribution in [-0.4, -0.2) is 37.3 Å². The Balaban J connectivity index is 1.86. The van der Waals surface area contributed by atoms with Gasteiger partial charge in [0.25, 0.3) is 0 Å². The summed E-state index contributed by atoms with van der Waals surface area (Å²) in [4.78, 5) is 39.6. The van der Waals surface area contributed by atoms with Crippen molar-refractivity contribution >= 4 is 29.7 Å². The van der Waals surface area contributed by atoms with Crippen LogP contribution >= 0.6 is 0 Å². The summed E-state index contributed by atoms with van der Waals surface area (Å²) in [5, 5.41) is 3.60. The number of oxime groups is 1. The molecule has 8 nitrogen and oxygen atoms in total. The molecule has 8 heteroatoms. The average molecular weight is 369 g/mol. The van der Waals surface area contributed by atoms with Crippen LogP contribution in [0.15, 0.2) is 51.5 Å². The van der Waals surface area contributed by atoms with Gasteiger partial charge in [0.05, 0.1) is 24.0 Å². The first kappa shape index (κ1) is 18.1. The average Bonchev–Trinajstić information content (AvgIpc) is 3.28. The largest absolute Gasteiger partial charge is 0.466 e. The number of ether oxygens (including phenoxy) is 2. The van der Waals surface area contributed by atoms with E-state index in [-0.39, 0.29) is 5.56 Å². The van der Waals surface area contributed by atoms with Crippen LogP contribution in [0, 0.1) is 0 Å². The first-order valence-corrected chi connectivity index (χ1v) is 7.91. The minimum atomic E-state index is -0.686. The molecule has 0 aliphatic carbocycles. The molecule has 2 aromatic rings. The Bertz CT molecular complexity index is 968. The van der Waals surface area contributed by atoms with E-state index in [1.807, 2.05) is 0 Å². The summed E-state index contributed by atoms with van der Waals surface area (Å²) < 4.78 is 15.1. The van der Waals surface area contributed by atoms with Crippen LogP contribution < -0.4 is 0 Å². The molecule has 1 aliphatic rings. The molecule has 0 fully saturated rings. The lowest BCUT2D eigenvalue weighted by Crippen LogP contribution is -2.15. The zero-order valence-corrected chi connectivity index (χ0v) is 14.6. The van der Waals surface area contributed by atoms with Crippen molar-refractivity contribution in [2.75, 3.05) is 13.7 Å². The summed E-state index contributed by atoms with van der Waals surface area (Å²) in [5.74, 6) is -1.11. The van der Waals surface area contributed by atoms with E-state index in [2.05, 4.69) is 14.7 Å². The molecule has 0 amide bonds. The normalized spacial score (nSPS) is 14.7. The summed E-state index contributed by atoms with van der Waals surface area (Å²) in [6, 6.07) is 9.95. The van der Waals surface area contributed by atoms with Gasteiger partial charge in [-0.15, -0.1) is 0 Å². The van der Waals surface area contributed by atoms with E-state index < -0.39 is 24.5 Å². The molecule has 0 spiro atoms. The van der Waals surface area contributed by atoms with Gasteiger partial charge in [0.15, 0.2) is 6.61 Å². The molecule has 0 saturated heterocycles. The number of methoxy groups -OCH3 is 1. The van der Waals surface area contributed by atoms with E-state index in [1.165, 1.54) is 13.2 Å². The highest BCUT2D eigenvalue weighted by Crippen LogP contribution is 2.28. The third-order valence-electron chi connectivity index (χ3n) is 3.75. The number of furan rings is 1. The second kappa shape index (κ2) is 7.69. The molecule has 0 unspecified atom stereocenters. The number of carbonyl (C=O) groups is 3. The van der Waals surface area contributed by atoms with E-state index in [1.54, 1.807) is 43.3 Å². The van der Waals surface area contributed by atoms with Crippen molar-refractivity contribution in [1.29, 1.82) is 0 Å². The topological polar surface area (TPSA) is 104 Å². The van der Waals surface area contributed by atoms with Gasteiger partial charge in [0.1, 0.15) is 11.5 Å². The molecule has 1 aromatic heterocycles. The molecule has 138 valence electrons. The van der Waals surface area contributed by atoms with E-state index in [9.17, 15) is 14.4 Å². The van der Waals surface area contributed by atoms with Gasteiger partial charge in [0.2, 0.25) is 0 Å². The number of benzene rings is 1. The molecule has 1 aromatic carbocycles. The zero-order valence-electron chi connectivity index (χ0n) is 14.6. The van der Waals surface area contributed by atoms with Crippen LogP contribution in [-0.2, 0) is 23.9 Å². The van der Waals surface area contributed by atoms with E-state index in [0.29, 0.717) is 28.4 Å². The van der Waals surface area contributed by atoms with Gasteiger partial charge in [0, 0.05) is 5.56 Å². The first-order chi connectivity index (χ1) is 13.0. The Morgan fingerprint density at radius 3 is 2.67 bits per heavy atom. The molecule has 2 heterocycles. The number of carbonyl (C=O) groups excluding carboxylic acids is 3. The monoisotopic (exact) mass is 369 g/mol. The number of hydrogen-bond donors (Lipinski definition) is 0. The van der Waals surface area contributed by atoms with Crippen LogP contribution in [0.2, 0.25) is 0 Å². The maximum atomic E-state index is 12.3. The lowest BCUT2D eigenvalue weighted by Gasteiger charge is -2.07. The van der Waals surface area contributed by atoms with Crippen molar-refractivity contribution in [3.8, 4) is 11.3 Å². The predicted molar refractivity (Wildman–Crippen MR) is 93.6 cm³/mol. The van der Waals surface area contributed by atoms with Gasteiger partial charge in [-0.25, -0.2) is 14.4 Å². The van der Waals surface area contributed by atoms with E-state index >= 15 is 0 Å². The Hall–Kier alpha value is -3.68. The van der Waals surface area contributed by atoms with Crippen LogP contribution in [0.25, 0.3) is 17.4 Å². The molecule has 0 radical (unpaired) electrons. The lowest BCUT2D eigenvalue weighted by atomic mass is 10.1. The zero-order chi connectivity index (χ0) is 19.4. The molecular weight excluding hydrogens is 354 g/mol. The Labute approximate surface area is 154 Å². The first-order valence-electron chi connectivity index (χ1n) is 7.91. The van der Waals surface area contributed by atoms with Gasteiger partial charge in [-0.05, 0) is 31.2 Å². The van der Waals surface area contributed by atoms with Crippen LogP contribution in [0.3, 0.4) is 0 Å². The van der Waals surface area contributed by atoms with E-state index in [0.717, 1.165) is 0 Å². The molecule has 0 N–H and O–H groups in total. The van der Waals surface area contributed by atoms with Crippen molar-refractivity contribution < 1.29 is 33.1 Å². The molecule has 0 saturated carbocycles. The van der Waals surface area contributed by atoms with Crippen molar-refractivity contribution in [3.63, 3.8) is 0 Å². The Kier molecular flexibility index (Phi) is 5.16. The minimum Gasteiger partial charge on any atom is -0.466 e. The fourth-order valence-corrected chi connectivity index (χ4v) is 2.37. The number of esters is 2. The second-order valence-electron chi connectivity index (χ2n) is 5.51. The van der Waals surface area contributed by atoms with Gasteiger partial charge in [-0.3, -0.25) is 0 Å². The van der Waals surface area contributed by atoms with Crippen LogP contribution in [0.1, 0.15) is 23.0 Å². The summed E-state index contributed by atoms with van der Waals surface area (Å²) in [5.41, 5.74) is 1.45. The lowest BCUT2D eigenvalue weighted by molar-refractivity contribution is -0.144. The van der Waals surface area contributed by atoms with Gasteiger partial charge in [-0.1, -0.05) is 23.4 Å². The molecular formula is C19H15NO7. The van der Waals surface area contributed by atoms with E-state index in [4.69, 9.17) is 9.15 Å². The van der Waals surface area contributed by atoms with Gasteiger partial charge >= 0.3 is 17.9 Å². The van der Waals surface area contributed by atoms with Crippen LogP contribution in [0.4, 0.5) is 0 Å². The summed E-state index contributed by atoms with van der Waals surface area (Å²) in [7, 11) is 1.20. The molecule has 3 rings (SSSR count). The molecule has 0 atom stereocenters. The number of hydrogen-bond acceptors (Lipinski definition) is 8.